The zero-order valence-electron chi connectivity index (χ0n) is 49.2. The molecule has 10 aromatic carbocycles. The van der Waals surface area contributed by atoms with Gasteiger partial charge in [0.25, 0.3) is 0 Å². The third kappa shape index (κ3) is 6.97. The largest absolute Gasteiger partial charge is 0.457 e. The van der Waals surface area contributed by atoms with Crippen LogP contribution in [0.1, 0.15) is 150 Å². The number of benzene rings is 10. The van der Waals surface area contributed by atoms with Crippen LogP contribution in [0.5, 0.6) is 23.0 Å². The molecule has 0 N–H and O–H groups in total. The van der Waals surface area contributed by atoms with Crippen LogP contribution in [0.25, 0.3) is 44.2 Å². The number of ether oxygens (including phenoxy) is 2. The van der Waals surface area contributed by atoms with Gasteiger partial charge in [0.15, 0.2) is 0 Å². The van der Waals surface area contributed by atoms with Crippen LogP contribution in [-0.2, 0) is 32.5 Å². The van der Waals surface area contributed by atoms with Crippen molar-refractivity contribution in [1.82, 2.24) is 0 Å². The minimum Gasteiger partial charge on any atom is -0.457 e. The first-order valence-corrected chi connectivity index (χ1v) is 29.3. The van der Waals surface area contributed by atoms with Crippen molar-refractivity contribution >= 4 is 39.0 Å². The highest BCUT2D eigenvalue weighted by Gasteiger charge is 2.55. The van der Waals surface area contributed by atoms with Gasteiger partial charge in [-0.25, -0.2) is 0 Å². The number of nitrogens with zero attached hydrogens (tertiary/aromatic N) is 1. The van der Waals surface area contributed by atoms with E-state index in [1.807, 2.05) is 0 Å². The summed E-state index contributed by atoms with van der Waals surface area (Å²) >= 11 is 0. The zero-order valence-corrected chi connectivity index (χ0v) is 49.2. The van der Waals surface area contributed by atoms with Crippen molar-refractivity contribution in [2.75, 3.05) is 4.90 Å². The number of para-hydroxylation sites is 2. The van der Waals surface area contributed by atoms with Crippen molar-refractivity contribution < 1.29 is 13.9 Å². The molecule has 2 aliphatic carbocycles. The molecule has 82 heavy (non-hydrogen) atoms. The lowest BCUT2D eigenvalue weighted by atomic mass is 9.64. The Balaban J connectivity index is 1.08. The van der Waals surface area contributed by atoms with Crippen LogP contribution in [0.3, 0.4) is 0 Å². The minimum absolute atomic E-state index is 0.102. The van der Waals surface area contributed by atoms with Crippen molar-refractivity contribution in [1.29, 1.82) is 0 Å². The van der Waals surface area contributed by atoms with Gasteiger partial charge in [0.2, 0.25) is 0 Å². The average Bonchev–Trinajstić information content (AvgIpc) is 1.65. The molecule has 3 heterocycles. The average molecular weight is 1070 g/mol. The molecule has 4 aliphatic rings. The Morgan fingerprint density at radius 2 is 0.756 bits per heavy atom. The number of anilines is 3. The van der Waals surface area contributed by atoms with Gasteiger partial charge in [-0.1, -0.05) is 210 Å². The Morgan fingerprint density at radius 3 is 1.37 bits per heavy atom. The first-order valence-electron chi connectivity index (χ1n) is 29.3. The lowest BCUT2D eigenvalue weighted by Gasteiger charge is -2.41. The second-order valence-electron chi connectivity index (χ2n) is 27.7. The molecule has 404 valence electrons. The molecule has 0 saturated heterocycles. The number of rotatable bonds is 3. The highest BCUT2D eigenvalue weighted by Crippen LogP contribution is 2.67. The molecule has 11 aromatic rings. The molecule has 0 saturated carbocycles. The van der Waals surface area contributed by atoms with E-state index in [0.29, 0.717) is 0 Å². The standard InChI is InChI=1S/C78H69NO3/c1-73(2,3)46-31-36-51-52-37-32-47(74(4,5)6)42-59(52)78(58(51)41-46)56-24-16-18-29-66(56)81-69-40-35-50(45-62(69)78)79(64-27-20-30-70-72(64)54-22-14-17-28-65(54)80-70)63-26-19-25-57-71(63)53-21-13-15-23-55(53)77(57)60-43-48(75(7,8)9)33-38-67(60)82-68-39-34-49(44-61(68)77)76(10,11)12/h13-45H,1-12H3. The first-order chi connectivity index (χ1) is 39.2. The molecule has 2 aliphatic heterocycles. The molecule has 0 bridgehead atoms. The Hall–Kier alpha value is -8.60. The fourth-order valence-electron chi connectivity index (χ4n) is 14.5. The van der Waals surface area contributed by atoms with Gasteiger partial charge in [-0.2, -0.15) is 0 Å². The van der Waals surface area contributed by atoms with Gasteiger partial charge >= 0.3 is 0 Å². The molecular weight excluding hydrogens is 999 g/mol. The van der Waals surface area contributed by atoms with Crippen LogP contribution >= 0.6 is 0 Å². The predicted octanol–water partition coefficient (Wildman–Crippen LogP) is 21.2. The van der Waals surface area contributed by atoms with Gasteiger partial charge in [-0.3, -0.25) is 0 Å². The second-order valence-corrected chi connectivity index (χ2v) is 27.7. The van der Waals surface area contributed by atoms with E-state index in [0.717, 1.165) is 84.3 Å². The summed E-state index contributed by atoms with van der Waals surface area (Å²) in [5.74, 6) is 3.48. The highest BCUT2D eigenvalue weighted by atomic mass is 16.5. The molecule has 4 heteroatoms. The zero-order chi connectivity index (χ0) is 56.6. The van der Waals surface area contributed by atoms with Crippen molar-refractivity contribution in [3.63, 3.8) is 0 Å². The van der Waals surface area contributed by atoms with Crippen LogP contribution in [0, 0.1) is 0 Å². The topological polar surface area (TPSA) is 34.8 Å². The summed E-state index contributed by atoms with van der Waals surface area (Å²) in [4.78, 5) is 2.54. The van der Waals surface area contributed by atoms with E-state index < -0.39 is 10.8 Å². The maximum Gasteiger partial charge on any atom is 0.137 e. The summed E-state index contributed by atoms with van der Waals surface area (Å²) in [6.07, 6.45) is 0. The molecule has 15 rings (SSSR count). The SMILES string of the molecule is CC(C)(C)c1ccc2c(c1)C1(c3cc(C(C)(C)C)ccc3O2)c2ccccc2-c2c(N(c3ccc4c(c3)C3(c5ccccc5O4)c4cc(C(C)(C)C)ccc4-c4ccc(C(C)(C)C)cc43)c3cccc4oc5ccccc5c34)cccc21. The number of hydrogen-bond acceptors (Lipinski definition) is 4. The maximum atomic E-state index is 7.23. The van der Waals surface area contributed by atoms with Gasteiger partial charge in [0.1, 0.15) is 34.2 Å². The van der Waals surface area contributed by atoms with Gasteiger partial charge in [-0.05, 0) is 156 Å². The van der Waals surface area contributed by atoms with Gasteiger partial charge in [0.05, 0.1) is 27.6 Å². The molecule has 0 atom stereocenters. The molecular formula is C78H69NO3. The summed E-state index contributed by atoms with van der Waals surface area (Å²) < 4.78 is 21.2. The summed E-state index contributed by atoms with van der Waals surface area (Å²) in [7, 11) is 0. The van der Waals surface area contributed by atoms with Gasteiger partial charge < -0.3 is 18.8 Å². The summed E-state index contributed by atoms with van der Waals surface area (Å²) in [6.45, 7) is 27.8. The van der Waals surface area contributed by atoms with Crippen LogP contribution in [-0.4, -0.2) is 0 Å². The second kappa shape index (κ2) is 17.0. The van der Waals surface area contributed by atoms with E-state index in [9.17, 15) is 0 Å². The van der Waals surface area contributed by atoms with Crippen molar-refractivity contribution in [3.05, 3.63) is 267 Å². The minimum atomic E-state index is -0.742. The van der Waals surface area contributed by atoms with Crippen LogP contribution in [0.15, 0.2) is 205 Å². The summed E-state index contributed by atoms with van der Waals surface area (Å²) in [5, 5.41) is 2.12. The quantitative estimate of drug-likeness (QED) is 0.177. The monoisotopic (exact) mass is 1070 g/mol. The van der Waals surface area contributed by atoms with E-state index in [4.69, 9.17) is 13.9 Å². The third-order valence-corrected chi connectivity index (χ3v) is 18.6. The smallest absolute Gasteiger partial charge is 0.137 e. The summed E-state index contributed by atoms with van der Waals surface area (Å²) in [6, 6.07) is 75.4. The highest BCUT2D eigenvalue weighted by molar-refractivity contribution is 6.14. The molecule has 4 nitrogen and oxygen atoms in total. The Morgan fingerprint density at radius 1 is 0.317 bits per heavy atom. The van der Waals surface area contributed by atoms with E-state index in [2.05, 4.69) is 288 Å². The van der Waals surface area contributed by atoms with Crippen LogP contribution < -0.4 is 14.4 Å². The Kier molecular flexibility index (Phi) is 10.4. The van der Waals surface area contributed by atoms with Crippen LogP contribution in [0.2, 0.25) is 0 Å². The van der Waals surface area contributed by atoms with Gasteiger partial charge in [-0.15, -0.1) is 0 Å². The van der Waals surface area contributed by atoms with E-state index in [1.54, 1.807) is 0 Å². The van der Waals surface area contributed by atoms with Crippen molar-refractivity contribution in [3.8, 4) is 45.3 Å². The number of fused-ring (bicyclic) bond motifs is 21. The fraction of sp³-hybridized carbons (Fsp3) is 0.231. The number of hydrogen-bond donors (Lipinski definition) is 0. The molecule has 2 spiro atoms. The lowest BCUT2D eigenvalue weighted by molar-refractivity contribution is 0.433. The molecule has 0 amide bonds. The third-order valence-electron chi connectivity index (χ3n) is 18.6. The molecule has 0 unspecified atom stereocenters. The van der Waals surface area contributed by atoms with Crippen LogP contribution in [0.4, 0.5) is 17.1 Å². The Bertz CT molecular complexity index is 4390. The Labute approximate surface area is 483 Å². The molecule has 0 fully saturated rings. The van der Waals surface area contributed by atoms with Crippen molar-refractivity contribution in [2.24, 2.45) is 0 Å². The fourth-order valence-corrected chi connectivity index (χ4v) is 14.5. The number of furan rings is 1. The van der Waals surface area contributed by atoms with E-state index in [1.165, 1.54) is 66.8 Å². The van der Waals surface area contributed by atoms with Gasteiger partial charge in [0, 0.05) is 38.9 Å². The summed E-state index contributed by atoms with van der Waals surface area (Å²) in [5.41, 5.74) is 22.5. The molecule has 1 aromatic heterocycles. The van der Waals surface area contributed by atoms with E-state index in [-0.39, 0.29) is 21.7 Å². The van der Waals surface area contributed by atoms with Crippen molar-refractivity contribution in [2.45, 2.75) is 116 Å². The lowest BCUT2D eigenvalue weighted by Crippen LogP contribution is -2.33. The van der Waals surface area contributed by atoms with E-state index >= 15 is 0 Å². The normalized spacial score (nSPS) is 15.0. The first kappa shape index (κ1) is 50.4. The maximum absolute atomic E-state index is 7.23. The molecule has 0 radical (unpaired) electrons. The predicted molar refractivity (Wildman–Crippen MR) is 338 cm³/mol.